The Morgan fingerprint density at radius 3 is 2.68 bits per heavy atom. The molecule has 0 spiro atoms. The first-order valence-electron chi connectivity index (χ1n) is 7.42. The minimum atomic E-state index is 0.355. The molecule has 0 bridgehead atoms. The number of thiol groups is 1. The second-order valence-electron chi connectivity index (χ2n) is 5.64. The van der Waals surface area contributed by atoms with Crippen LogP contribution in [0.15, 0.2) is 17.0 Å². The highest BCUT2D eigenvalue weighted by atomic mass is 32.1. The minimum Gasteiger partial charge on any atom is -0.507 e. The Morgan fingerprint density at radius 2 is 1.95 bits per heavy atom. The van der Waals surface area contributed by atoms with Crippen molar-refractivity contribution in [1.82, 2.24) is 0 Å². The van der Waals surface area contributed by atoms with Crippen LogP contribution in [0.25, 0.3) is 0 Å². The summed E-state index contributed by atoms with van der Waals surface area (Å²) in [4.78, 5) is 0.730. The van der Waals surface area contributed by atoms with Crippen molar-refractivity contribution < 1.29 is 5.11 Å². The zero-order valence-electron chi connectivity index (χ0n) is 11.7. The van der Waals surface area contributed by atoms with Gasteiger partial charge in [-0.2, -0.15) is 0 Å². The number of rotatable bonds is 0. The molecule has 0 radical (unpaired) electrons. The smallest absolute Gasteiger partial charge is 0.129 e. The van der Waals surface area contributed by atoms with Gasteiger partial charge in [-0.1, -0.05) is 19.8 Å². The first kappa shape index (κ1) is 14.7. The van der Waals surface area contributed by atoms with Gasteiger partial charge in [0.2, 0.25) is 0 Å². The highest BCUT2D eigenvalue weighted by Gasteiger charge is 2.31. The van der Waals surface area contributed by atoms with Gasteiger partial charge in [0.1, 0.15) is 5.75 Å². The predicted molar refractivity (Wildman–Crippen MR) is 83.1 cm³/mol. The molecule has 0 saturated heterocycles. The van der Waals surface area contributed by atoms with Crippen LogP contribution in [0.1, 0.15) is 56.1 Å². The lowest BCUT2D eigenvalue weighted by molar-refractivity contribution is 0.274. The first-order chi connectivity index (χ1) is 9.17. The molecule has 2 nitrogen and oxygen atoms in total. The third-order valence-electron chi connectivity index (χ3n) is 4.33. The summed E-state index contributed by atoms with van der Waals surface area (Å²) in [5, 5.41) is 9.79. The molecule has 1 fully saturated rings. The van der Waals surface area contributed by atoms with Crippen molar-refractivity contribution in [2.75, 3.05) is 6.54 Å². The van der Waals surface area contributed by atoms with Crippen LogP contribution in [0, 0.1) is 5.92 Å². The summed E-state index contributed by atoms with van der Waals surface area (Å²) in [7, 11) is 0. The van der Waals surface area contributed by atoms with Gasteiger partial charge in [-0.15, -0.1) is 12.6 Å². The van der Waals surface area contributed by atoms with Gasteiger partial charge in [-0.05, 0) is 67.3 Å². The van der Waals surface area contributed by atoms with Crippen molar-refractivity contribution in [2.45, 2.75) is 56.3 Å². The Kier molecular flexibility index (Phi) is 5.17. The predicted octanol–water partition coefficient (Wildman–Crippen LogP) is 3.87. The molecule has 2 aliphatic carbocycles. The van der Waals surface area contributed by atoms with Crippen LogP contribution in [0.2, 0.25) is 0 Å². The molecule has 2 atom stereocenters. The SMILES string of the molecule is CCN.Oc1cc2c(cc1S)CCC1CCCCC21. The third-order valence-corrected chi connectivity index (χ3v) is 4.69. The van der Waals surface area contributed by atoms with E-state index >= 15 is 0 Å². The average molecular weight is 279 g/mol. The van der Waals surface area contributed by atoms with E-state index < -0.39 is 0 Å². The lowest BCUT2D eigenvalue weighted by atomic mass is 9.68. The number of benzene rings is 1. The van der Waals surface area contributed by atoms with Gasteiger partial charge in [-0.25, -0.2) is 0 Å². The number of phenolic OH excluding ortho intramolecular Hbond substituents is 1. The van der Waals surface area contributed by atoms with Crippen LogP contribution < -0.4 is 5.73 Å². The van der Waals surface area contributed by atoms with Crippen LogP contribution in [-0.4, -0.2) is 11.7 Å². The highest BCUT2D eigenvalue weighted by molar-refractivity contribution is 7.80. The number of phenols is 1. The molecule has 1 saturated carbocycles. The molecule has 106 valence electrons. The maximum absolute atomic E-state index is 9.79. The van der Waals surface area contributed by atoms with Crippen LogP contribution in [0.3, 0.4) is 0 Å². The summed E-state index contributed by atoms with van der Waals surface area (Å²) in [6.07, 6.45) is 7.94. The molecule has 3 N–H and O–H groups in total. The fourth-order valence-corrected chi connectivity index (χ4v) is 3.72. The van der Waals surface area contributed by atoms with Crippen molar-refractivity contribution in [3.05, 3.63) is 23.3 Å². The molecule has 19 heavy (non-hydrogen) atoms. The van der Waals surface area contributed by atoms with Gasteiger partial charge in [0, 0.05) is 4.90 Å². The number of aromatic hydroxyl groups is 1. The summed E-state index contributed by atoms with van der Waals surface area (Å²) < 4.78 is 0. The van der Waals surface area contributed by atoms with E-state index in [1.54, 1.807) is 0 Å². The van der Waals surface area contributed by atoms with E-state index in [9.17, 15) is 5.11 Å². The number of nitrogens with two attached hydrogens (primary N) is 1. The van der Waals surface area contributed by atoms with Gasteiger partial charge in [0.15, 0.2) is 0 Å². The van der Waals surface area contributed by atoms with E-state index in [4.69, 9.17) is 5.73 Å². The molecule has 2 aliphatic rings. The lowest BCUT2D eigenvalue weighted by Crippen LogP contribution is -2.23. The Morgan fingerprint density at radius 1 is 1.26 bits per heavy atom. The Hall–Kier alpha value is -0.670. The maximum Gasteiger partial charge on any atom is 0.129 e. The zero-order chi connectivity index (χ0) is 13.8. The summed E-state index contributed by atoms with van der Waals surface area (Å²) in [6, 6.07) is 4.04. The maximum atomic E-state index is 9.79. The molecule has 3 rings (SSSR count). The van der Waals surface area contributed by atoms with Crippen molar-refractivity contribution in [3.8, 4) is 5.75 Å². The minimum absolute atomic E-state index is 0.355. The van der Waals surface area contributed by atoms with E-state index in [0.717, 1.165) is 17.4 Å². The Bertz CT molecular complexity index is 433. The van der Waals surface area contributed by atoms with Gasteiger partial charge in [-0.3, -0.25) is 0 Å². The number of fused-ring (bicyclic) bond motifs is 3. The standard InChI is InChI=1S/C14H18OS.C2H7N/c15-13-8-12-10(7-14(13)16)6-5-9-3-1-2-4-11(9)12;1-2-3/h7-9,11,15-16H,1-6H2;2-3H2,1H3. The molecule has 0 heterocycles. The molecule has 2 unspecified atom stereocenters. The molecule has 1 aromatic rings. The van der Waals surface area contributed by atoms with E-state index in [1.165, 1.54) is 49.7 Å². The average Bonchev–Trinajstić information content (AvgIpc) is 2.41. The molecule has 1 aromatic carbocycles. The van der Waals surface area contributed by atoms with Crippen LogP contribution in [0.4, 0.5) is 0 Å². The number of hydrogen-bond acceptors (Lipinski definition) is 3. The summed E-state index contributed by atoms with van der Waals surface area (Å²) in [5.74, 6) is 1.93. The van der Waals surface area contributed by atoms with Crippen LogP contribution in [-0.2, 0) is 6.42 Å². The number of hydrogen-bond donors (Lipinski definition) is 3. The molecule has 0 aliphatic heterocycles. The molecule has 3 heteroatoms. The normalized spacial score (nSPS) is 24.8. The van der Waals surface area contributed by atoms with Crippen molar-refractivity contribution in [2.24, 2.45) is 11.7 Å². The molecule has 0 aromatic heterocycles. The second-order valence-corrected chi connectivity index (χ2v) is 6.12. The van der Waals surface area contributed by atoms with Gasteiger partial charge < -0.3 is 10.8 Å². The topological polar surface area (TPSA) is 46.2 Å². The molecule has 0 amide bonds. The van der Waals surface area contributed by atoms with E-state index in [0.29, 0.717) is 11.7 Å². The third kappa shape index (κ3) is 3.26. The Labute approximate surface area is 121 Å². The van der Waals surface area contributed by atoms with Crippen molar-refractivity contribution in [3.63, 3.8) is 0 Å². The van der Waals surface area contributed by atoms with Gasteiger partial charge in [0.05, 0.1) is 0 Å². The number of aryl methyl sites for hydroxylation is 1. The summed E-state index contributed by atoms with van der Waals surface area (Å²) >= 11 is 4.30. The summed E-state index contributed by atoms with van der Waals surface area (Å²) in [5.41, 5.74) is 7.68. The van der Waals surface area contributed by atoms with E-state index in [1.807, 2.05) is 13.0 Å². The summed E-state index contributed by atoms with van der Waals surface area (Å²) in [6.45, 7) is 2.65. The second kappa shape index (κ2) is 6.67. The monoisotopic (exact) mass is 279 g/mol. The van der Waals surface area contributed by atoms with Gasteiger partial charge >= 0.3 is 0 Å². The quantitative estimate of drug-likeness (QED) is 0.631. The lowest BCUT2D eigenvalue weighted by Gasteiger charge is -2.37. The molecular formula is C16H25NOS. The first-order valence-corrected chi connectivity index (χ1v) is 7.86. The fourth-order valence-electron chi connectivity index (χ4n) is 3.50. The Balaban J connectivity index is 0.000000408. The van der Waals surface area contributed by atoms with Gasteiger partial charge in [0.25, 0.3) is 0 Å². The van der Waals surface area contributed by atoms with Crippen LogP contribution in [0.5, 0.6) is 5.75 Å². The van der Waals surface area contributed by atoms with E-state index in [2.05, 4.69) is 18.7 Å². The van der Waals surface area contributed by atoms with Crippen molar-refractivity contribution >= 4 is 12.6 Å². The highest BCUT2D eigenvalue weighted by Crippen LogP contribution is 2.46. The van der Waals surface area contributed by atoms with Crippen molar-refractivity contribution in [1.29, 1.82) is 0 Å². The van der Waals surface area contributed by atoms with Crippen LogP contribution >= 0.6 is 12.6 Å². The fraction of sp³-hybridized carbons (Fsp3) is 0.625. The molecular weight excluding hydrogens is 254 g/mol. The van der Waals surface area contributed by atoms with E-state index in [-0.39, 0.29) is 0 Å². The zero-order valence-corrected chi connectivity index (χ0v) is 12.6. The largest absolute Gasteiger partial charge is 0.507 e.